The second kappa shape index (κ2) is 7.59. The van der Waals surface area contributed by atoms with Gasteiger partial charge in [0.25, 0.3) is 0 Å². The summed E-state index contributed by atoms with van der Waals surface area (Å²) in [5.74, 6) is -0.105. The number of hydrogen-bond donors (Lipinski definition) is 3. The largest absolute Gasteiger partial charge is 0.481 e. The molecule has 31 heavy (non-hydrogen) atoms. The lowest BCUT2D eigenvalue weighted by molar-refractivity contribution is -0.143. The number of carbonyl (C=O) groups is 2. The highest BCUT2D eigenvalue weighted by molar-refractivity contribution is 7.89. The predicted molar refractivity (Wildman–Crippen MR) is 116 cm³/mol. The van der Waals surface area contributed by atoms with Gasteiger partial charge in [-0.3, -0.25) is 9.59 Å². The number of carboxylic acids is 1. The Hall–Kier alpha value is -1.93. The fraction of sp³-hybridized carbons (Fsp3) is 0.652. The number of benzene rings is 1. The first-order valence-electron chi connectivity index (χ1n) is 11.1. The van der Waals surface area contributed by atoms with Gasteiger partial charge in [-0.05, 0) is 88.2 Å². The number of carbonyl (C=O) groups excluding carboxylic acids is 1. The number of nitrogens with one attached hydrogen (secondary N) is 2. The highest BCUT2D eigenvalue weighted by Gasteiger charge is 2.58. The van der Waals surface area contributed by atoms with E-state index in [4.69, 9.17) is 0 Å². The van der Waals surface area contributed by atoms with Crippen molar-refractivity contribution in [2.24, 2.45) is 17.3 Å². The quantitative estimate of drug-likeness (QED) is 0.566. The van der Waals surface area contributed by atoms with Crippen LogP contribution >= 0.6 is 0 Å². The summed E-state index contributed by atoms with van der Waals surface area (Å²) in [7, 11) is -3.84. The Morgan fingerprint density at radius 3 is 2.29 bits per heavy atom. The van der Waals surface area contributed by atoms with E-state index in [0.29, 0.717) is 18.3 Å². The summed E-state index contributed by atoms with van der Waals surface area (Å²) in [5.41, 5.74) is -1.70. The highest BCUT2D eigenvalue weighted by atomic mass is 32.2. The van der Waals surface area contributed by atoms with Crippen LogP contribution in [0.5, 0.6) is 0 Å². The smallest absolute Gasteiger partial charge is 0.303 e. The summed E-state index contributed by atoms with van der Waals surface area (Å²) in [6.45, 7) is 3.17. The monoisotopic (exact) mass is 448 g/mol. The maximum Gasteiger partial charge on any atom is 0.303 e. The normalized spacial score (nSPS) is 32.1. The van der Waals surface area contributed by atoms with Crippen LogP contribution < -0.4 is 10.0 Å². The SMILES string of the molecule is CC(C)(NS(=O)(=O)c1ccccc1)C(=O)NC12CC3CC(CC(CCC(=O)O)(C3)C1)C2. The van der Waals surface area contributed by atoms with Crippen LogP contribution in [0.3, 0.4) is 0 Å². The van der Waals surface area contributed by atoms with E-state index in [2.05, 4.69) is 10.0 Å². The Labute approximate surface area is 184 Å². The van der Waals surface area contributed by atoms with Crippen LogP contribution in [0, 0.1) is 17.3 Å². The zero-order valence-corrected chi connectivity index (χ0v) is 19.0. The van der Waals surface area contributed by atoms with Gasteiger partial charge in [-0.15, -0.1) is 0 Å². The van der Waals surface area contributed by atoms with Crippen molar-refractivity contribution in [3.05, 3.63) is 30.3 Å². The minimum atomic E-state index is -3.84. The third kappa shape index (κ3) is 4.51. The van der Waals surface area contributed by atoms with Crippen LogP contribution in [-0.2, 0) is 19.6 Å². The van der Waals surface area contributed by atoms with Crippen molar-refractivity contribution in [1.82, 2.24) is 10.0 Å². The zero-order valence-electron chi connectivity index (χ0n) is 18.2. The molecule has 4 saturated carbocycles. The summed E-state index contributed by atoms with van der Waals surface area (Å²) in [6, 6.07) is 8.04. The van der Waals surface area contributed by atoms with Gasteiger partial charge in [0.05, 0.1) is 4.90 Å². The van der Waals surface area contributed by atoms with E-state index in [0.717, 1.165) is 38.5 Å². The Morgan fingerprint density at radius 1 is 1.10 bits per heavy atom. The first-order valence-corrected chi connectivity index (χ1v) is 12.5. The molecule has 4 aliphatic rings. The van der Waals surface area contributed by atoms with Crippen molar-refractivity contribution in [2.75, 3.05) is 0 Å². The third-order valence-corrected chi connectivity index (χ3v) is 9.11. The van der Waals surface area contributed by atoms with Crippen molar-refractivity contribution in [3.63, 3.8) is 0 Å². The Kier molecular flexibility index (Phi) is 5.45. The molecule has 2 unspecified atom stereocenters. The van der Waals surface area contributed by atoms with Crippen molar-refractivity contribution in [3.8, 4) is 0 Å². The van der Waals surface area contributed by atoms with Crippen LogP contribution in [0.1, 0.15) is 65.2 Å². The second-order valence-electron chi connectivity index (χ2n) is 10.6. The molecule has 4 aliphatic carbocycles. The van der Waals surface area contributed by atoms with Crippen LogP contribution in [0.25, 0.3) is 0 Å². The molecule has 1 aromatic rings. The number of rotatable bonds is 8. The number of carboxylic acid groups (broad SMARTS) is 1. The molecule has 0 spiro atoms. The van der Waals surface area contributed by atoms with Crippen molar-refractivity contribution >= 4 is 21.9 Å². The summed E-state index contributed by atoms with van der Waals surface area (Å²) < 4.78 is 28.1. The number of amides is 1. The maximum atomic E-state index is 13.3. The third-order valence-electron chi connectivity index (χ3n) is 7.44. The van der Waals surface area contributed by atoms with E-state index in [9.17, 15) is 23.1 Å². The molecule has 4 fully saturated rings. The summed E-state index contributed by atoms with van der Waals surface area (Å²) in [4.78, 5) is 24.6. The van der Waals surface area contributed by atoms with E-state index < -0.39 is 21.5 Å². The molecule has 0 aliphatic heterocycles. The fourth-order valence-electron chi connectivity index (χ4n) is 6.70. The van der Waals surface area contributed by atoms with Gasteiger partial charge in [0.2, 0.25) is 15.9 Å². The molecule has 0 radical (unpaired) electrons. The minimum absolute atomic E-state index is 0.0244. The van der Waals surface area contributed by atoms with Gasteiger partial charge in [-0.25, -0.2) is 8.42 Å². The summed E-state index contributed by atoms with van der Waals surface area (Å²) >= 11 is 0. The highest BCUT2D eigenvalue weighted by Crippen LogP contribution is 2.63. The summed E-state index contributed by atoms with van der Waals surface area (Å²) in [5, 5.41) is 12.4. The molecule has 1 amide bonds. The van der Waals surface area contributed by atoms with E-state index >= 15 is 0 Å². The van der Waals surface area contributed by atoms with Gasteiger partial charge in [-0.2, -0.15) is 4.72 Å². The Morgan fingerprint density at radius 2 is 1.71 bits per heavy atom. The molecule has 0 aromatic heterocycles. The van der Waals surface area contributed by atoms with Crippen LogP contribution in [-0.4, -0.2) is 36.5 Å². The molecule has 0 saturated heterocycles. The second-order valence-corrected chi connectivity index (χ2v) is 12.3. The lowest BCUT2D eigenvalue weighted by atomic mass is 9.46. The molecule has 7 nitrogen and oxygen atoms in total. The van der Waals surface area contributed by atoms with E-state index in [-0.39, 0.29) is 28.2 Å². The van der Waals surface area contributed by atoms with Gasteiger partial charge < -0.3 is 10.4 Å². The van der Waals surface area contributed by atoms with E-state index in [1.807, 2.05) is 0 Å². The van der Waals surface area contributed by atoms with E-state index in [1.165, 1.54) is 12.1 Å². The predicted octanol–water partition coefficient (Wildman–Crippen LogP) is 3.06. The maximum absolute atomic E-state index is 13.3. The average molecular weight is 449 g/mol. The number of hydrogen-bond acceptors (Lipinski definition) is 4. The minimum Gasteiger partial charge on any atom is -0.481 e. The molecular formula is C23H32N2O5S. The van der Waals surface area contributed by atoms with Crippen LogP contribution in [0.4, 0.5) is 0 Å². The molecule has 0 heterocycles. The molecule has 2 atom stereocenters. The molecule has 8 heteroatoms. The van der Waals surface area contributed by atoms with Gasteiger partial charge in [0, 0.05) is 12.0 Å². The van der Waals surface area contributed by atoms with Crippen LogP contribution in [0.2, 0.25) is 0 Å². The van der Waals surface area contributed by atoms with Gasteiger partial charge in [-0.1, -0.05) is 18.2 Å². The fourth-order valence-corrected chi connectivity index (χ4v) is 8.10. The van der Waals surface area contributed by atoms with Crippen molar-refractivity contribution < 1.29 is 23.1 Å². The molecule has 170 valence electrons. The number of sulfonamides is 1. The average Bonchev–Trinajstić information content (AvgIpc) is 2.65. The lowest BCUT2D eigenvalue weighted by Crippen LogP contribution is -2.67. The summed E-state index contributed by atoms with van der Waals surface area (Å²) in [6.07, 6.45) is 6.61. The molecule has 4 bridgehead atoms. The lowest BCUT2D eigenvalue weighted by Gasteiger charge is -2.62. The molecule has 5 rings (SSSR count). The first-order chi connectivity index (χ1) is 14.4. The topological polar surface area (TPSA) is 113 Å². The van der Waals surface area contributed by atoms with Crippen molar-refractivity contribution in [2.45, 2.75) is 81.2 Å². The number of aliphatic carboxylic acids is 1. The van der Waals surface area contributed by atoms with E-state index in [1.54, 1.807) is 32.0 Å². The zero-order chi connectivity index (χ0) is 22.5. The van der Waals surface area contributed by atoms with Gasteiger partial charge >= 0.3 is 5.97 Å². The van der Waals surface area contributed by atoms with Crippen LogP contribution in [0.15, 0.2) is 35.2 Å². The Balaban J connectivity index is 1.50. The molecular weight excluding hydrogens is 416 g/mol. The molecule has 3 N–H and O–H groups in total. The standard InChI is InChI=1S/C23H32N2O5S/c1-21(2,25-31(29,30)18-6-4-3-5-7-18)20(28)24-23-13-16-10-17(14-23)12-22(11-16,15-23)9-8-19(26)27/h3-7,16-17,25H,8-15H2,1-2H3,(H,24,28)(H,26,27). The van der Waals surface area contributed by atoms with Gasteiger partial charge in [0.15, 0.2) is 0 Å². The van der Waals surface area contributed by atoms with Crippen molar-refractivity contribution in [1.29, 1.82) is 0 Å². The van der Waals surface area contributed by atoms with Gasteiger partial charge in [0.1, 0.15) is 5.54 Å². The Bertz CT molecular complexity index is 959. The first kappa shape index (κ1) is 22.3. The molecule has 1 aromatic carbocycles.